The van der Waals surface area contributed by atoms with Crippen LogP contribution in [0.5, 0.6) is 0 Å². The number of thiophene rings is 1. The minimum absolute atomic E-state index is 0.414. The van der Waals surface area contributed by atoms with Gasteiger partial charge in [-0.1, -0.05) is 42.2 Å². The first kappa shape index (κ1) is 15.8. The molecule has 0 amide bonds. The molecule has 21 heavy (non-hydrogen) atoms. The van der Waals surface area contributed by atoms with Crippen molar-refractivity contribution in [3.05, 3.63) is 57.8 Å². The van der Waals surface area contributed by atoms with E-state index in [1.165, 1.54) is 10.4 Å². The molecule has 1 heterocycles. The molecule has 0 aliphatic heterocycles. The van der Waals surface area contributed by atoms with Crippen molar-refractivity contribution in [1.82, 2.24) is 4.90 Å². The van der Waals surface area contributed by atoms with E-state index in [4.69, 9.17) is 5.73 Å². The Bertz CT molecular complexity index is 605. The summed E-state index contributed by atoms with van der Waals surface area (Å²) in [6.07, 6.45) is 0. The SMILES string of the molecule is CC(C)N(Cc1ccccc1)Cc1cc(C#CCN)cs1. The lowest BCUT2D eigenvalue weighted by atomic mass is 10.2. The van der Waals surface area contributed by atoms with Gasteiger partial charge in [0, 0.05) is 35.0 Å². The largest absolute Gasteiger partial charge is 0.320 e. The Hall–Kier alpha value is -1.60. The van der Waals surface area contributed by atoms with Gasteiger partial charge in [-0.2, -0.15) is 0 Å². The molecule has 0 aliphatic carbocycles. The molecule has 110 valence electrons. The summed E-state index contributed by atoms with van der Waals surface area (Å²) in [6.45, 7) is 6.83. The predicted octanol–water partition coefficient (Wildman–Crippen LogP) is 3.47. The molecule has 2 rings (SSSR count). The molecule has 1 aromatic heterocycles. The molecule has 0 saturated heterocycles. The van der Waals surface area contributed by atoms with Crippen molar-refractivity contribution in [2.45, 2.75) is 33.0 Å². The Kier molecular flexibility index (Phi) is 6.01. The van der Waals surface area contributed by atoms with Gasteiger partial charge in [0.15, 0.2) is 0 Å². The summed E-state index contributed by atoms with van der Waals surface area (Å²) in [7, 11) is 0. The summed E-state index contributed by atoms with van der Waals surface area (Å²) in [5.74, 6) is 6.00. The highest BCUT2D eigenvalue weighted by molar-refractivity contribution is 7.10. The molecular formula is C18H22N2S. The van der Waals surface area contributed by atoms with Crippen LogP contribution in [0, 0.1) is 11.8 Å². The van der Waals surface area contributed by atoms with E-state index in [9.17, 15) is 0 Å². The molecular weight excluding hydrogens is 276 g/mol. The van der Waals surface area contributed by atoms with E-state index >= 15 is 0 Å². The van der Waals surface area contributed by atoms with Crippen molar-refractivity contribution in [1.29, 1.82) is 0 Å². The molecule has 0 bridgehead atoms. The van der Waals surface area contributed by atoms with Crippen LogP contribution in [-0.4, -0.2) is 17.5 Å². The van der Waals surface area contributed by atoms with Crippen LogP contribution in [0.25, 0.3) is 0 Å². The van der Waals surface area contributed by atoms with E-state index in [0.717, 1.165) is 18.7 Å². The zero-order chi connectivity index (χ0) is 15.1. The van der Waals surface area contributed by atoms with Crippen molar-refractivity contribution in [2.24, 2.45) is 5.73 Å². The number of nitrogens with two attached hydrogens (primary N) is 1. The summed E-state index contributed by atoms with van der Waals surface area (Å²) < 4.78 is 0. The van der Waals surface area contributed by atoms with Crippen molar-refractivity contribution in [3.8, 4) is 11.8 Å². The quantitative estimate of drug-likeness (QED) is 0.857. The zero-order valence-corrected chi connectivity index (χ0v) is 13.5. The monoisotopic (exact) mass is 298 g/mol. The first-order valence-corrected chi connectivity index (χ1v) is 8.11. The highest BCUT2D eigenvalue weighted by atomic mass is 32.1. The van der Waals surface area contributed by atoms with Crippen molar-refractivity contribution >= 4 is 11.3 Å². The molecule has 0 aliphatic rings. The maximum Gasteiger partial charge on any atom is 0.0555 e. The summed E-state index contributed by atoms with van der Waals surface area (Å²) in [4.78, 5) is 3.82. The van der Waals surface area contributed by atoms with E-state index < -0.39 is 0 Å². The van der Waals surface area contributed by atoms with Crippen LogP contribution in [-0.2, 0) is 13.1 Å². The third-order valence-electron chi connectivity index (χ3n) is 3.31. The topological polar surface area (TPSA) is 29.3 Å². The molecule has 0 unspecified atom stereocenters. The second-order valence-corrected chi connectivity index (χ2v) is 6.29. The molecule has 2 aromatic rings. The fourth-order valence-corrected chi connectivity index (χ4v) is 2.96. The van der Waals surface area contributed by atoms with Crippen LogP contribution in [0.1, 0.15) is 29.9 Å². The molecule has 0 fully saturated rings. The van der Waals surface area contributed by atoms with Crippen molar-refractivity contribution < 1.29 is 0 Å². The third kappa shape index (κ3) is 5.02. The highest BCUT2D eigenvalue weighted by Gasteiger charge is 2.12. The predicted molar refractivity (Wildman–Crippen MR) is 91.1 cm³/mol. The molecule has 0 atom stereocenters. The van der Waals surface area contributed by atoms with Crippen LogP contribution < -0.4 is 5.73 Å². The van der Waals surface area contributed by atoms with Gasteiger partial charge in [0.2, 0.25) is 0 Å². The number of hydrogen-bond donors (Lipinski definition) is 1. The third-order valence-corrected chi connectivity index (χ3v) is 4.23. The first-order valence-electron chi connectivity index (χ1n) is 7.23. The number of hydrogen-bond acceptors (Lipinski definition) is 3. The fraction of sp³-hybridized carbons (Fsp3) is 0.333. The summed E-state index contributed by atoms with van der Waals surface area (Å²) in [5, 5.41) is 2.11. The van der Waals surface area contributed by atoms with Gasteiger partial charge in [0.25, 0.3) is 0 Å². The average molecular weight is 298 g/mol. The van der Waals surface area contributed by atoms with Gasteiger partial charge in [-0.15, -0.1) is 11.3 Å². The van der Waals surface area contributed by atoms with E-state index in [2.05, 4.69) is 72.4 Å². The van der Waals surface area contributed by atoms with Crippen molar-refractivity contribution in [2.75, 3.05) is 6.54 Å². The lowest BCUT2D eigenvalue weighted by Crippen LogP contribution is -2.29. The summed E-state index contributed by atoms with van der Waals surface area (Å²) >= 11 is 1.77. The standard InChI is InChI=1S/C18H22N2S/c1-15(2)20(12-16-7-4-3-5-8-16)13-18-11-17(14-21-18)9-6-10-19/h3-5,7-8,11,14-15H,10,12-13,19H2,1-2H3. The van der Waals surface area contributed by atoms with Gasteiger partial charge < -0.3 is 5.73 Å². The Morgan fingerprint density at radius 3 is 2.62 bits per heavy atom. The minimum Gasteiger partial charge on any atom is -0.320 e. The summed E-state index contributed by atoms with van der Waals surface area (Å²) in [5.41, 5.74) is 7.84. The Balaban J connectivity index is 2.04. The molecule has 1 aromatic carbocycles. The summed E-state index contributed by atoms with van der Waals surface area (Å²) in [6, 6.07) is 13.3. The molecule has 3 heteroatoms. The number of benzene rings is 1. The first-order chi connectivity index (χ1) is 10.2. The van der Waals surface area contributed by atoms with Crippen LogP contribution in [0.15, 0.2) is 41.8 Å². The normalized spacial score (nSPS) is 10.7. The maximum absolute atomic E-state index is 5.41. The molecule has 2 nitrogen and oxygen atoms in total. The van der Waals surface area contributed by atoms with E-state index in [1.54, 1.807) is 11.3 Å². The van der Waals surface area contributed by atoms with Crippen LogP contribution in [0.4, 0.5) is 0 Å². The Morgan fingerprint density at radius 2 is 1.95 bits per heavy atom. The zero-order valence-electron chi connectivity index (χ0n) is 12.7. The Labute approximate surface area is 131 Å². The van der Waals surface area contributed by atoms with Gasteiger partial charge in [-0.3, -0.25) is 4.90 Å². The lowest BCUT2D eigenvalue weighted by Gasteiger charge is -2.26. The van der Waals surface area contributed by atoms with E-state index in [1.807, 2.05) is 0 Å². The Morgan fingerprint density at radius 1 is 1.19 bits per heavy atom. The van der Waals surface area contributed by atoms with Crippen LogP contribution in [0.2, 0.25) is 0 Å². The van der Waals surface area contributed by atoms with Crippen LogP contribution >= 0.6 is 11.3 Å². The molecule has 0 spiro atoms. The molecule has 2 N–H and O–H groups in total. The fourth-order valence-electron chi connectivity index (χ4n) is 2.12. The smallest absolute Gasteiger partial charge is 0.0555 e. The minimum atomic E-state index is 0.414. The van der Waals surface area contributed by atoms with E-state index in [-0.39, 0.29) is 0 Å². The maximum atomic E-state index is 5.41. The van der Waals surface area contributed by atoms with Gasteiger partial charge in [-0.05, 0) is 25.5 Å². The average Bonchev–Trinajstić information content (AvgIpc) is 2.93. The van der Waals surface area contributed by atoms with Crippen molar-refractivity contribution in [3.63, 3.8) is 0 Å². The van der Waals surface area contributed by atoms with E-state index in [0.29, 0.717) is 12.6 Å². The molecule has 0 radical (unpaired) electrons. The van der Waals surface area contributed by atoms with Gasteiger partial charge in [0.1, 0.15) is 0 Å². The van der Waals surface area contributed by atoms with Crippen LogP contribution in [0.3, 0.4) is 0 Å². The number of nitrogens with zero attached hydrogens (tertiary/aromatic N) is 1. The second kappa shape index (κ2) is 7.99. The second-order valence-electron chi connectivity index (χ2n) is 5.29. The number of rotatable bonds is 5. The highest BCUT2D eigenvalue weighted by Crippen LogP contribution is 2.19. The van der Waals surface area contributed by atoms with Gasteiger partial charge >= 0.3 is 0 Å². The lowest BCUT2D eigenvalue weighted by molar-refractivity contribution is 0.205. The molecule has 0 saturated carbocycles. The van der Waals surface area contributed by atoms with Gasteiger partial charge in [-0.25, -0.2) is 0 Å². The van der Waals surface area contributed by atoms with Gasteiger partial charge in [0.05, 0.1) is 6.54 Å².